The molecule has 0 aliphatic heterocycles. The summed E-state index contributed by atoms with van der Waals surface area (Å²) in [5, 5.41) is 0. The number of hydrogen-bond donors (Lipinski definition) is 1. The lowest BCUT2D eigenvalue weighted by Crippen LogP contribution is -2.16. The molecule has 0 spiro atoms. The molecule has 2 aromatic rings. The van der Waals surface area contributed by atoms with Crippen LogP contribution in [0.25, 0.3) is 11.0 Å². The maximum Gasteiger partial charge on any atom is 0.126 e. The van der Waals surface area contributed by atoms with E-state index >= 15 is 0 Å². The van der Waals surface area contributed by atoms with Gasteiger partial charge in [0.15, 0.2) is 0 Å². The number of benzene rings is 1. The second-order valence-electron chi connectivity index (χ2n) is 5.57. The largest absolute Gasteiger partial charge is 0.327 e. The number of hydrogen-bond acceptors (Lipinski definition) is 2. The van der Waals surface area contributed by atoms with Crippen molar-refractivity contribution in [3.63, 3.8) is 0 Å². The van der Waals surface area contributed by atoms with Crippen molar-refractivity contribution in [3.05, 3.63) is 30.1 Å². The van der Waals surface area contributed by atoms with Crippen LogP contribution in [0.5, 0.6) is 0 Å². The molecule has 0 aliphatic carbocycles. The average Bonchev–Trinajstić information content (AvgIpc) is 2.83. The van der Waals surface area contributed by atoms with Crippen LogP contribution in [-0.4, -0.2) is 9.55 Å². The molecule has 3 nitrogen and oxygen atoms in total. The minimum Gasteiger partial charge on any atom is -0.327 e. The molecule has 0 saturated heterocycles. The molecule has 2 rings (SSSR count). The van der Waals surface area contributed by atoms with E-state index in [-0.39, 0.29) is 6.04 Å². The van der Waals surface area contributed by atoms with E-state index in [2.05, 4.69) is 36.6 Å². The number of unbranched alkanes of at least 4 members (excludes halogenated alkanes) is 3. The standard InChI is InChI=1S/C17H27N3/c1-3-5-6-9-13-20-16-12-8-7-11-15(16)19-17(20)14(18)10-4-2/h7-8,11-12,14H,3-6,9-10,13,18H2,1-2H3. The Morgan fingerprint density at radius 3 is 2.65 bits per heavy atom. The average molecular weight is 273 g/mol. The van der Waals surface area contributed by atoms with E-state index in [9.17, 15) is 0 Å². The third-order valence-corrected chi connectivity index (χ3v) is 3.85. The molecular weight excluding hydrogens is 246 g/mol. The fourth-order valence-electron chi connectivity index (χ4n) is 2.75. The normalized spacial score (nSPS) is 12.9. The molecule has 0 radical (unpaired) electrons. The Hall–Kier alpha value is -1.35. The summed E-state index contributed by atoms with van der Waals surface area (Å²) in [5.41, 5.74) is 8.62. The second kappa shape index (κ2) is 7.44. The number of aromatic nitrogens is 2. The van der Waals surface area contributed by atoms with Crippen LogP contribution in [0.2, 0.25) is 0 Å². The maximum absolute atomic E-state index is 6.32. The number of fused-ring (bicyclic) bond motifs is 1. The van der Waals surface area contributed by atoms with Gasteiger partial charge in [-0.2, -0.15) is 0 Å². The first kappa shape index (κ1) is 15.0. The van der Waals surface area contributed by atoms with Gasteiger partial charge >= 0.3 is 0 Å². The first-order valence-corrected chi connectivity index (χ1v) is 7.98. The van der Waals surface area contributed by atoms with E-state index in [0.29, 0.717) is 0 Å². The Morgan fingerprint density at radius 1 is 1.10 bits per heavy atom. The third kappa shape index (κ3) is 3.40. The van der Waals surface area contributed by atoms with Gasteiger partial charge in [0, 0.05) is 6.54 Å². The van der Waals surface area contributed by atoms with Crippen molar-refractivity contribution < 1.29 is 0 Å². The van der Waals surface area contributed by atoms with Crippen molar-refractivity contribution in [3.8, 4) is 0 Å². The molecule has 0 amide bonds. The van der Waals surface area contributed by atoms with Crippen LogP contribution in [-0.2, 0) is 6.54 Å². The molecule has 3 heteroatoms. The predicted molar refractivity (Wildman–Crippen MR) is 85.7 cm³/mol. The van der Waals surface area contributed by atoms with Crippen LogP contribution in [0.1, 0.15) is 64.2 Å². The fourth-order valence-corrected chi connectivity index (χ4v) is 2.75. The summed E-state index contributed by atoms with van der Waals surface area (Å²) < 4.78 is 2.34. The number of imidazole rings is 1. The summed E-state index contributed by atoms with van der Waals surface area (Å²) in [4.78, 5) is 4.77. The van der Waals surface area contributed by atoms with Gasteiger partial charge in [0.1, 0.15) is 5.82 Å². The van der Waals surface area contributed by atoms with E-state index < -0.39 is 0 Å². The minimum atomic E-state index is 0.0542. The third-order valence-electron chi connectivity index (χ3n) is 3.85. The van der Waals surface area contributed by atoms with Crippen molar-refractivity contribution in [2.75, 3.05) is 0 Å². The lowest BCUT2D eigenvalue weighted by Gasteiger charge is -2.14. The van der Waals surface area contributed by atoms with Crippen LogP contribution in [0.15, 0.2) is 24.3 Å². The van der Waals surface area contributed by atoms with Gasteiger partial charge in [-0.1, -0.05) is 51.7 Å². The topological polar surface area (TPSA) is 43.8 Å². The van der Waals surface area contributed by atoms with Gasteiger partial charge in [-0.15, -0.1) is 0 Å². The van der Waals surface area contributed by atoms with Gasteiger partial charge < -0.3 is 10.3 Å². The molecule has 2 N–H and O–H groups in total. The molecule has 20 heavy (non-hydrogen) atoms. The Kier molecular flexibility index (Phi) is 5.60. The highest BCUT2D eigenvalue weighted by Gasteiger charge is 2.15. The molecule has 1 aromatic carbocycles. The lowest BCUT2D eigenvalue weighted by atomic mass is 10.1. The fraction of sp³-hybridized carbons (Fsp3) is 0.588. The Labute approximate surface area is 122 Å². The highest BCUT2D eigenvalue weighted by molar-refractivity contribution is 5.76. The van der Waals surface area contributed by atoms with Crippen LogP contribution in [0, 0.1) is 0 Å². The van der Waals surface area contributed by atoms with Crippen molar-refractivity contribution in [1.82, 2.24) is 9.55 Å². The second-order valence-corrected chi connectivity index (χ2v) is 5.57. The van der Waals surface area contributed by atoms with E-state index in [1.54, 1.807) is 0 Å². The van der Waals surface area contributed by atoms with Crippen molar-refractivity contribution in [2.45, 2.75) is 65.0 Å². The van der Waals surface area contributed by atoms with Gasteiger partial charge in [0.05, 0.1) is 17.1 Å². The highest BCUT2D eigenvalue weighted by Crippen LogP contribution is 2.23. The molecule has 1 aromatic heterocycles. The summed E-state index contributed by atoms with van der Waals surface area (Å²) in [6.45, 7) is 5.45. The van der Waals surface area contributed by atoms with Gasteiger partial charge in [-0.25, -0.2) is 4.98 Å². The maximum atomic E-state index is 6.32. The Morgan fingerprint density at radius 2 is 1.90 bits per heavy atom. The zero-order valence-corrected chi connectivity index (χ0v) is 12.8. The highest BCUT2D eigenvalue weighted by atomic mass is 15.1. The Balaban J connectivity index is 2.24. The monoisotopic (exact) mass is 273 g/mol. The van der Waals surface area contributed by atoms with Crippen molar-refractivity contribution in [2.24, 2.45) is 5.73 Å². The number of para-hydroxylation sites is 2. The van der Waals surface area contributed by atoms with Crippen LogP contribution < -0.4 is 5.73 Å². The lowest BCUT2D eigenvalue weighted by molar-refractivity contribution is 0.527. The molecule has 1 atom stereocenters. The summed E-state index contributed by atoms with van der Waals surface area (Å²) in [6, 6.07) is 8.43. The van der Waals surface area contributed by atoms with E-state index in [4.69, 9.17) is 10.7 Å². The first-order valence-electron chi connectivity index (χ1n) is 7.98. The molecule has 0 aliphatic rings. The van der Waals surface area contributed by atoms with Crippen molar-refractivity contribution >= 4 is 11.0 Å². The smallest absolute Gasteiger partial charge is 0.126 e. The summed E-state index contributed by atoms with van der Waals surface area (Å²) >= 11 is 0. The van der Waals surface area contributed by atoms with Gasteiger partial charge in [-0.05, 0) is 25.0 Å². The minimum absolute atomic E-state index is 0.0542. The summed E-state index contributed by atoms with van der Waals surface area (Å²) in [5.74, 6) is 1.06. The van der Waals surface area contributed by atoms with E-state index in [1.807, 2.05) is 6.07 Å². The predicted octanol–water partition coefficient (Wildman–Crippen LogP) is 4.42. The number of aryl methyl sites for hydroxylation is 1. The van der Waals surface area contributed by atoms with Crippen LogP contribution in [0.4, 0.5) is 0 Å². The van der Waals surface area contributed by atoms with Gasteiger partial charge in [0.2, 0.25) is 0 Å². The van der Waals surface area contributed by atoms with Crippen LogP contribution in [0.3, 0.4) is 0 Å². The zero-order chi connectivity index (χ0) is 14.4. The molecule has 1 heterocycles. The molecular formula is C17H27N3. The zero-order valence-electron chi connectivity index (χ0n) is 12.8. The molecule has 110 valence electrons. The van der Waals surface area contributed by atoms with Gasteiger partial charge in [-0.3, -0.25) is 0 Å². The molecule has 0 fully saturated rings. The summed E-state index contributed by atoms with van der Waals surface area (Å²) in [6.07, 6.45) is 7.17. The van der Waals surface area contributed by atoms with Gasteiger partial charge in [0.25, 0.3) is 0 Å². The van der Waals surface area contributed by atoms with E-state index in [1.165, 1.54) is 31.2 Å². The van der Waals surface area contributed by atoms with Crippen molar-refractivity contribution in [1.29, 1.82) is 0 Å². The summed E-state index contributed by atoms with van der Waals surface area (Å²) in [7, 11) is 0. The SMILES string of the molecule is CCCCCCn1c(C(N)CCC)nc2ccccc21. The first-order chi connectivity index (χ1) is 9.77. The molecule has 1 unspecified atom stereocenters. The number of nitrogens with two attached hydrogens (primary N) is 1. The van der Waals surface area contributed by atoms with E-state index in [0.717, 1.165) is 30.7 Å². The van der Waals surface area contributed by atoms with Crippen LogP contribution >= 0.6 is 0 Å². The molecule has 0 bridgehead atoms. The Bertz CT molecular complexity index is 530. The molecule has 0 saturated carbocycles. The number of nitrogens with zero attached hydrogens (tertiary/aromatic N) is 2. The quantitative estimate of drug-likeness (QED) is 0.724. The number of rotatable bonds is 8.